The van der Waals surface area contributed by atoms with E-state index in [1.54, 1.807) is 6.92 Å². The highest BCUT2D eigenvalue weighted by molar-refractivity contribution is 5.88. The van der Waals surface area contributed by atoms with Crippen LogP contribution in [-0.4, -0.2) is 22.7 Å². The topological polar surface area (TPSA) is 62.3 Å². The average molecular weight is 289 g/mol. The van der Waals surface area contributed by atoms with E-state index in [1.807, 2.05) is 18.2 Å². The average Bonchev–Trinajstić information content (AvgIpc) is 2.93. The maximum Gasteiger partial charge on any atom is 0.306 e. The van der Waals surface area contributed by atoms with E-state index < -0.39 is 17.9 Å². The molecule has 112 valence electrons. The van der Waals surface area contributed by atoms with Crippen molar-refractivity contribution in [3.8, 4) is 0 Å². The van der Waals surface area contributed by atoms with Gasteiger partial charge in [0.25, 0.3) is 0 Å². The molecule has 0 amide bonds. The molecule has 0 radical (unpaired) electrons. The molecular weight excluding hydrogens is 266 g/mol. The van der Waals surface area contributed by atoms with Crippen molar-refractivity contribution < 1.29 is 17.4 Å². The van der Waals surface area contributed by atoms with Crippen LogP contribution in [-0.2, 0) is 28.0 Å². The lowest BCUT2D eigenvalue weighted by Crippen LogP contribution is -2.37. The zero-order valence-corrected chi connectivity index (χ0v) is 12.3. The Balaban J connectivity index is 2.33. The van der Waals surface area contributed by atoms with Gasteiger partial charge < -0.3 is 14.8 Å². The van der Waals surface area contributed by atoms with Gasteiger partial charge in [-0.05, 0) is 30.4 Å². The summed E-state index contributed by atoms with van der Waals surface area (Å²) in [5.41, 5.74) is 2.17. The van der Waals surface area contributed by atoms with E-state index in [9.17, 15) is 9.90 Å². The molecule has 1 unspecified atom stereocenters. The van der Waals surface area contributed by atoms with Gasteiger partial charge in [-0.25, -0.2) is 0 Å². The number of para-hydroxylation sites is 1. The van der Waals surface area contributed by atoms with Gasteiger partial charge in [0.05, 0.1) is 18.7 Å². The van der Waals surface area contributed by atoms with Gasteiger partial charge in [0.1, 0.15) is 5.60 Å². The van der Waals surface area contributed by atoms with Gasteiger partial charge in [0.15, 0.2) is 0 Å². The Hall–Kier alpha value is -1.81. The number of benzene rings is 1. The number of fused-ring (bicyclic) bond motifs is 3. The molecule has 0 fully saturated rings. The van der Waals surface area contributed by atoms with Gasteiger partial charge in [0, 0.05) is 13.6 Å². The second kappa shape index (κ2) is 5.19. The molecule has 4 nitrogen and oxygen atoms in total. The number of rotatable bonds is 4. The van der Waals surface area contributed by atoms with Gasteiger partial charge in [-0.1, -0.05) is 32.0 Å². The quantitative estimate of drug-likeness (QED) is 0.907. The maximum atomic E-state index is 11.6. The van der Waals surface area contributed by atoms with Crippen LogP contribution in [0.5, 0.6) is 0 Å². The number of carboxylic acid groups (broad SMARTS) is 1. The third-order valence-corrected chi connectivity index (χ3v) is 4.32. The summed E-state index contributed by atoms with van der Waals surface area (Å²) in [7, 11) is 0. The fraction of sp³-hybridized carbons (Fsp3) is 0.471. The molecule has 1 atom stereocenters. The summed E-state index contributed by atoms with van der Waals surface area (Å²) >= 11 is 0. The number of carboxylic acids is 1. The number of nitrogens with one attached hydrogen (secondary N) is 1. The Morgan fingerprint density at radius 3 is 3.00 bits per heavy atom. The molecular formula is C17H21NO3. The number of carbonyl (C=O) groups is 1. The van der Waals surface area contributed by atoms with Crippen molar-refractivity contribution in [2.24, 2.45) is 0 Å². The van der Waals surface area contributed by atoms with Gasteiger partial charge in [-0.15, -0.1) is 0 Å². The summed E-state index contributed by atoms with van der Waals surface area (Å²) in [6.07, 6.45) is -0.764. The van der Waals surface area contributed by atoms with Crippen LogP contribution in [0.4, 0.5) is 0 Å². The van der Waals surface area contributed by atoms with Crippen molar-refractivity contribution in [3.05, 3.63) is 35.0 Å². The lowest BCUT2D eigenvalue weighted by Gasteiger charge is -2.35. The van der Waals surface area contributed by atoms with E-state index in [2.05, 4.69) is 11.9 Å². The molecule has 0 saturated carbocycles. The number of aliphatic carboxylic acids is 1. The molecule has 1 aromatic carbocycles. The molecule has 4 heteroatoms. The van der Waals surface area contributed by atoms with Crippen LogP contribution in [0.3, 0.4) is 0 Å². The molecule has 0 bridgehead atoms. The van der Waals surface area contributed by atoms with E-state index in [1.165, 1.54) is 0 Å². The monoisotopic (exact) mass is 289 g/mol. The van der Waals surface area contributed by atoms with Crippen LogP contribution >= 0.6 is 0 Å². The number of ether oxygens (including phenoxy) is 1. The number of hydrogen-bond acceptors (Lipinski definition) is 2. The van der Waals surface area contributed by atoms with Crippen LogP contribution in [0.25, 0.3) is 10.9 Å². The standard InChI is InChI=1S/C17H21NO3/c1-3-11-6-5-7-12-13-8-9-21-17(4-2,10-14(19)20)16(13)18-15(11)12/h5-7,18H,3-4,8-10H2,1-2H3,(H,19,20)/i10D2. The van der Waals surface area contributed by atoms with Crippen LogP contribution in [0, 0.1) is 0 Å². The molecule has 1 aliphatic heterocycles. The van der Waals surface area contributed by atoms with Gasteiger partial charge in [0.2, 0.25) is 0 Å². The minimum Gasteiger partial charge on any atom is -0.481 e. The van der Waals surface area contributed by atoms with Crippen molar-refractivity contribution in [1.82, 2.24) is 4.98 Å². The largest absolute Gasteiger partial charge is 0.481 e. The molecule has 1 aliphatic rings. The number of aromatic nitrogens is 1. The Kier molecular flexibility index (Phi) is 2.92. The summed E-state index contributed by atoms with van der Waals surface area (Å²) in [4.78, 5) is 14.9. The molecule has 2 N–H and O–H groups in total. The molecule has 3 rings (SSSR count). The molecule has 1 aromatic heterocycles. The first-order chi connectivity index (χ1) is 10.9. The van der Waals surface area contributed by atoms with Crippen molar-refractivity contribution in [1.29, 1.82) is 0 Å². The first kappa shape index (κ1) is 11.8. The second-order valence-corrected chi connectivity index (χ2v) is 5.38. The van der Waals surface area contributed by atoms with Gasteiger partial charge >= 0.3 is 5.97 Å². The SMILES string of the molecule is [2H]C([2H])(C(=O)O)C1(CC)OCCc2c1[nH]c1c(CC)cccc21. The van der Waals surface area contributed by atoms with Crippen LogP contribution in [0.15, 0.2) is 18.2 Å². The minimum absolute atomic E-state index is 0.244. The fourth-order valence-electron chi connectivity index (χ4n) is 3.27. The Morgan fingerprint density at radius 1 is 1.52 bits per heavy atom. The molecule has 2 aromatic rings. The predicted octanol–water partition coefficient (Wildman–Crippen LogP) is 3.38. The van der Waals surface area contributed by atoms with E-state index in [-0.39, 0.29) is 6.42 Å². The van der Waals surface area contributed by atoms with Crippen LogP contribution in [0.2, 0.25) is 0 Å². The number of aromatic amines is 1. The van der Waals surface area contributed by atoms with E-state index in [0.717, 1.165) is 28.5 Å². The molecule has 0 spiro atoms. The molecule has 0 aliphatic carbocycles. The molecule has 2 heterocycles. The van der Waals surface area contributed by atoms with Gasteiger partial charge in [-0.3, -0.25) is 4.79 Å². The second-order valence-electron chi connectivity index (χ2n) is 5.38. The Bertz CT molecular complexity index is 769. The van der Waals surface area contributed by atoms with E-state index >= 15 is 0 Å². The third kappa shape index (κ3) is 2.14. The van der Waals surface area contributed by atoms with E-state index in [4.69, 9.17) is 7.48 Å². The summed E-state index contributed by atoms with van der Waals surface area (Å²) in [6, 6.07) is 6.03. The first-order valence-corrected chi connectivity index (χ1v) is 7.39. The van der Waals surface area contributed by atoms with Crippen molar-refractivity contribution in [2.45, 2.75) is 45.1 Å². The Labute approximate surface area is 126 Å². The van der Waals surface area contributed by atoms with Crippen molar-refractivity contribution in [3.63, 3.8) is 0 Å². The molecule has 21 heavy (non-hydrogen) atoms. The zero-order chi connectivity index (χ0) is 16.8. The minimum atomic E-state index is -2.51. The summed E-state index contributed by atoms with van der Waals surface area (Å²) in [6.45, 7) is 4.15. The Morgan fingerprint density at radius 2 is 2.33 bits per heavy atom. The summed E-state index contributed by atoms with van der Waals surface area (Å²) < 4.78 is 22.1. The highest BCUT2D eigenvalue weighted by Gasteiger charge is 2.40. The van der Waals surface area contributed by atoms with Crippen molar-refractivity contribution in [2.75, 3.05) is 6.61 Å². The normalized spacial score (nSPS) is 23.5. The highest BCUT2D eigenvalue weighted by atomic mass is 16.5. The number of hydrogen-bond donors (Lipinski definition) is 2. The lowest BCUT2D eigenvalue weighted by molar-refractivity contribution is -0.148. The zero-order valence-electron chi connectivity index (χ0n) is 14.3. The fourth-order valence-corrected chi connectivity index (χ4v) is 3.27. The number of aryl methyl sites for hydroxylation is 1. The smallest absolute Gasteiger partial charge is 0.306 e. The summed E-state index contributed by atoms with van der Waals surface area (Å²) in [5, 5.41) is 10.5. The van der Waals surface area contributed by atoms with Gasteiger partial charge in [-0.2, -0.15) is 0 Å². The van der Waals surface area contributed by atoms with Crippen molar-refractivity contribution >= 4 is 16.9 Å². The first-order valence-electron chi connectivity index (χ1n) is 8.39. The lowest BCUT2D eigenvalue weighted by atomic mass is 9.86. The highest BCUT2D eigenvalue weighted by Crippen LogP contribution is 2.42. The van der Waals surface area contributed by atoms with E-state index in [0.29, 0.717) is 18.7 Å². The third-order valence-electron chi connectivity index (χ3n) is 4.32. The maximum absolute atomic E-state index is 11.6. The van der Waals surface area contributed by atoms with Crippen LogP contribution in [0.1, 0.15) is 46.2 Å². The predicted molar refractivity (Wildman–Crippen MR) is 81.6 cm³/mol. The molecule has 0 saturated heterocycles. The number of H-pyrrole nitrogens is 1. The van der Waals surface area contributed by atoms with Crippen LogP contribution < -0.4 is 0 Å². The summed E-state index contributed by atoms with van der Waals surface area (Å²) in [5.74, 6) is -1.50.